The molecule has 1 aliphatic rings. The predicted octanol–water partition coefficient (Wildman–Crippen LogP) is 2.66. The second-order valence-electron chi connectivity index (χ2n) is 5.72. The Hall–Kier alpha value is -1.82. The number of benzene rings is 1. The van der Waals surface area contributed by atoms with Gasteiger partial charge in [0.05, 0.1) is 17.6 Å². The number of aryl methyl sites for hydroxylation is 3. The maximum Gasteiger partial charge on any atom is 0.267 e. The van der Waals surface area contributed by atoms with Crippen molar-refractivity contribution in [1.29, 1.82) is 0 Å². The molecule has 1 aromatic heterocycles. The molecule has 0 atom stereocenters. The molecule has 22 heavy (non-hydrogen) atoms. The Balaban J connectivity index is 2.09. The molecule has 6 heteroatoms. The summed E-state index contributed by atoms with van der Waals surface area (Å²) < 4.78 is 29.4. The van der Waals surface area contributed by atoms with Crippen LogP contribution < -0.4 is 4.31 Å². The number of sulfonamides is 1. The maximum absolute atomic E-state index is 13.1. The van der Waals surface area contributed by atoms with Gasteiger partial charge in [0, 0.05) is 13.1 Å². The number of anilines is 1. The summed E-state index contributed by atoms with van der Waals surface area (Å²) in [7, 11) is -3.56. The average molecular weight is 319 g/mol. The van der Waals surface area contributed by atoms with Crippen molar-refractivity contribution >= 4 is 15.7 Å². The highest BCUT2D eigenvalue weighted by Crippen LogP contribution is 2.33. The van der Waals surface area contributed by atoms with Crippen LogP contribution in [0.1, 0.15) is 30.2 Å². The number of rotatable bonds is 3. The molecule has 1 aromatic carbocycles. The zero-order valence-electron chi connectivity index (χ0n) is 13.2. The minimum atomic E-state index is -3.56. The lowest BCUT2D eigenvalue weighted by Gasteiger charge is -2.30. The SMILES string of the molecule is CCn1ncc(S(=O)(=O)N2CCCc3cc(C)ccc32)c1C. The van der Waals surface area contributed by atoms with Gasteiger partial charge in [0.2, 0.25) is 0 Å². The van der Waals surface area contributed by atoms with Gasteiger partial charge in [-0.15, -0.1) is 0 Å². The van der Waals surface area contributed by atoms with Crippen LogP contribution in [0.15, 0.2) is 29.3 Å². The minimum Gasteiger partial charge on any atom is -0.269 e. The summed E-state index contributed by atoms with van der Waals surface area (Å²) in [4.78, 5) is 0.308. The van der Waals surface area contributed by atoms with Crippen molar-refractivity contribution in [2.45, 2.75) is 45.1 Å². The first-order valence-corrected chi connectivity index (χ1v) is 9.04. The van der Waals surface area contributed by atoms with Crippen LogP contribution in [-0.4, -0.2) is 24.7 Å². The molecule has 118 valence electrons. The van der Waals surface area contributed by atoms with Gasteiger partial charge in [-0.1, -0.05) is 17.7 Å². The Morgan fingerprint density at radius 1 is 1.27 bits per heavy atom. The van der Waals surface area contributed by atoms with E-state index in [-0.39, 0.29) is 0 Å². The fraction of sp³-hybridized carbons (Fsp3) is 0.438. The van der Waals surface area contributed by atoms with Crippen LogP contribution in [0.4, 0.5) is 5.69 Å². The molecule has 2 heterocycles. The van der Waals surface area contributed by atoms with E-state index in [1.165, 1.54) is 10.5 Å². The lowest BCUT2D eigenvalue weighted by Crippen LogP contribution is -2.35. The van der Waals surface area contributed by atoms with Crippen molar-refractivity contribution < 1.29 is 8.42 Å². The molecule has 0 saturated carbocycles. The van der Waals surface area contributed by atoms with E-state index in [0.717, 1.165) is 29.7 Å². The molecule has 0 N–H and O–H groups in total. The molecule has 0 fully saturated rings. The summed E-state index contributed by atoms with van der Waals surface area (Å²) in [5.74, 6) is 0. The summed E-state index contributed by atoms with van der Waals surface area (Å²) >= 11 is 0. The Morgan fingerprint density at radius 3 is 2.73 bits per heavy atom. The normalized spacial score (nSPS) is 15.0. The fourth-order valence-electron chi connectivity index (χ4n) is 3.06. The molecule has 0 unspecified atom stereocenters. The van der Waals surface area contributed by atoms with Gasteiger partial charge in [-0.3, -0.25) is 8.99 Å². The van der Waals surface area contributed by atoms with Gasteiger partial charge >= 0.3 is 0 Å². The van der Waals surface area contributed by atoms with E-state index in [1.54, 1.807) is 4.68 Å². The topological polar surface area (TPSA) is 55.2 Å². The summed E-state index contributed by atoms with van der Waals surface area (Å²) in [6.07, 6.45) is 3.24. The van der Waals surface area contributed by atoms with E-state index < -0.39 is 10.0 Å². The molecular weight excluding hydrogens is 298 g/mol. The quantitative estimate of drug-likeness (QED) is 0.874. The smallest absolute Gasteiger partial charge is 0.267 e. The molecule has 0 spiro atoms. The predicted molar refractivity (Wildman–Crippen MR) is 86.7 cm³/mol. The van der Waals surface area contributed by atoms with Gasteiger partial charge in [0.15, 0.2) is 0 Å². The van der Waals surface area contributed by atoms with E-state index in [0.29, 0.717) is 23.7 Å². The van der Waals surface area contributed by atoms with Crippen molar-refractivity contribution in [2.24, 2.45) is 0 Å². The Labute approximate surface area is 131 Å². The lowest BCUT2D eigenvalue weighted by atomic mass is 10.0. The molecule has 0 radical (unpaired) electrons. The van der Waals surface area contributed by atoms with E-state index >= 15 is 0 Å². The number of aromatic nitrogens is 2. The van der Waals surface area contributed by atoms with Crippen molar-refractivity contribution in [3.8, 4) is 0 Å². The average Bonchev–Trinajstić information content (AvgIpc) is 2.87. The molecule has 1 aliphatic heterocycles. The fourth-order valence-corrected chi connectivity index (χ4v) is 4.76. The summed E-state index contributed by atoms with van der Waals surface area (Å²) in [6.45, 7) is 6.98. The van der Waals surface area contributed by atoms with Gasteiger partial charge in [0.25, 0.3) is 10.0 Å². The minimum absolute atomic E-state index is 0.308. The summed E-state index contributed by atoms with van der Waals surface area (Å²) in [5, 5.41) is 4.18. The van der Waals surface area contributed by atoms with Crippen LogP contribution in [0, 0.1) is 13.8 Å². The standard InChI is InChI=1S/C16H21N3O2S/c1-4-18-13(3)16(11-17-18)22(20,21)19-9-5-6-14-10-12(2)7-8-15(14)19/h7-8,10-11H,4-6,9H2,1-3H3. The Bertz CT molecular complexity index is 809. The van der Waals surface area contributed by atoms with Crippen LogP contribution in [-0.2, 0) is 23.0 Å². The molecule has 0 amide bonds. The van der Waals surface area contributed by atoms with Gasteiger partial charge < -0.3 is 0 Å². The van der Waals surface area contributed by atoms with Gasteiger partial charge in [-0.25, -0.2) is 8.42 Å². The first-order chi connectivity index (χ1) is 10.4. The number of fused-ring (bicyclic) bond motifs is 1. The van der Waals surface area contributed by atoms with E-state index in [2.05, 4.69) is 11.2 Å². The highest BCUT2D eigenvalue weighted by atomic mass is 32.2. The van der Waals surface area contributed by atoms with Crippen molar-refractivity contribution in [1.82, 2.24) is 9.78 Å². The van der Waals surface area contributed by atoms with Crippen molar-refractivity contribution in [2.75, 3.05) is 10.8 Å². The number of nitrogens with zero attached hydrogens (tertiary/aromatic N) is 3. The highest BCUT2D eigenvalue weighted by molar-refractivity contribution is 7.92. The zero-order valence-corrected chi connectivity index (χ0v) is 14.0. The largest absolute Gasteiger partial charge is 0.269 e. The molecular formula is C16H21N3O2S. The van der Waals surface area contributed by atoms with Crippen LogP contribution in [0.25, 0.3) is 0 Å². The van der Waals surface area contributed by atoms with E-state index in [1.807, 2.05) is 32.9 Å². The van der Waals surface area contributed by atoms with Crippen LogP contribution >= 0.6 is 0 Å². The zero-order chi connectivity index (χ0) is 15.9. The second-order valence-corrected chi connectivity index (χ2v) is 7.55. The third-order valence-corrected chi connectivity index (χ3v) is 6.15. The Kier molecular flexibility index (Phi) is 3.72. The first-order valence-electron chi connectivity index (χ1n) is 7.60. The van der Waals surface area contributed by atoms with Gasteiger partial charge in [-0.05, 0) is 45.2 Å². The summed E-state index contributed by atoms with van der Waals surface area (Å²) in [5.41, 5.74) is 3.77. The molecule has 5 nitrogen and oxygen atoms in total. The Morgan fingerprint density at radius 2 is 2.05 bits per heavy atom. The van der Waals surface area contributed by atoms with Crippen LogP contribution in [0.5, 0.6) is 0 Å². The molecule has 0 bridgehead atoms. The molecule has 0 saturated heterocycles. The van der Waals surface area contributed by atoms with E-state index in [9.17, 15) is 8.42 Å². The molecule has 2 aromatic rings. The molecule has 0 aliphatic carbocycles. The van der Waals surface area contributed by atoms with Gasteiger partial charge in [0.1, 0.15) is 4.90 Å². The first kappa shape index (κ1) is 15.1. The molecule has 3 rings (SSSR count). The third kappa shape index (κ3) is 2.31. The van der Waals surface area contributed by atoms with Crippen LogP contribution in [0.3, 0.4) is 0 Å². The second kappa shape index (κ2) is 5.43. The van der Waals surface area contributed by atoms with Crippen molar-refractivity contribution in [3.05, 3.63) is 41.2 Å². The third-order valence-electron chi connectivity index (χ3n) is 4.24. The maximum atomic E-state index is 13.1. The van der Waals surface area contributed by atoms with E-state index in [4.69, 9.17) is 0 Å². The summed E-state index contributed by atoms with van der Waals surface area (Å²) in [6, 6.07) is 5.97. The number of hydrogen-bond acceptors (Lipinski definition) is 3. The van der Waals surface area contributed by atoms with Crippen LogP contribution in [0.2, 0.25) is 0 Å². The highest BCUT2D eigenvalue weighted by Gasteiger charge is 2.31. The monoisotopic (exact) mass is 319 g/mol. The number of hydrogen-bond donors (Lipinski definition) is 0. The van der Waals surface area contributed by atoms with Crippen molar-refractivity contribution in [3.63, 3.8) is 0 Å². The lowest BCUT2D eigenvalue weighted by molar-refractivity contribution is 0.584. The van der Waals surface area contributed by atoms with Gasteiger partial charge in [-0.2, -0.15) is 5.10 Å².